The minimum atomic E-state index is -0.694. The molecule has 8 nitrogen and oxygen atoms in total. The first-order valence-electron chi connectivity index (χ1n) is 4.95. The fraction of sp³-hybridized carbons (Fsp3) is 0.444. The largest absolute Gasteiger partial charge is 0.431 e. The van der Waals surface area contributed by atoms with Crippen molar-refractivity contribution in [2.75, 3.05) is 12.0 Å². The summed E-state index contributed by atoms with van der Waals surface area (Å²) in [6, 6.07) is 1.15. The molecule has 0 aliphatic rings. The number of amides is 1. The van der Waals surface area contributed by atoms with E-state index in [9.17, 15) is 14.4 Å². The highest BCUT2D eigenvalue weighted by Crippen LogP contribution is 1.97. The van der Waals surface area contributed by atoms with E-state index in [1.54, 1.807) is 6.92 Å². The van der Waals surface area contributed by atoms with Crippen LogP contribution in [-0.2, 0) is 18.9 Å². The summed E-state index contributed by atoms with van der Waals surface area (Å²) in [5.41, 5.74) is 1.24. The SMILES string of the molecule is CCNC(=O)ONc1cc(=O)n(C)c(=O)n1C. The van der Waals surface area contributed by atoms with Crippen LogP contribution in [0.15, 0.2) is 15.7 Å². The lowest BCUT2D eigenvalue weighted by atomic mass is 10.5. The van der Waals surface area contributed by atoms with Crippen LogP contribution in [-0.4, -0.2) is 21.8 Å². The molecule has 0 radical (unpaired) electrons. The van der Waals surface area contributed by atoms with Crippen molar-refractivity contribution in [3.8, 4) is 0 Å². The van der Waals surface area contributed by atoms with Gasteiger partial charge in [0.2, 0.25) is 0 Å². The lowest BCUT2D eigenvalue weighted by Gasteiger charge is -2.11. The van der Waals surface area contributed by atoms with Gasteiger partial charge in [0.15, 0.2) is 0 Å². The molecule has 1 heterocycles. The molecular formula is C9H14N4O4. The predicted molar refractivity (Wildman–Crippen MR) is 60.7 cm³/mol. The first kappa shape index (κ1) is 12.8. The van der Waals surface area contributed by atoms with Gasteiger partial charge in [0.25, 0.3) is 5.56 Å². The first-order chi connectivity index (χ1) is 7.97. The number of hydrogen-bond donors (Lipinski definition) is 2. The Hall–Kier alpha value is -2.25. The number of nitrogens with one attached hydrogen (secondary N) is 2. The van der Waals surface area contributed by atoms with Gasteiger partial charge in [-0.25, -0.2) is 15.1 Å². The molecule has 1 aromatic heterocycles. The highest BCUT2D eigenvalue weighted by atomic mass is 16.7. The summed E-state index contributed by atoms with van der Waals surface area (Å²) in [6.07, 6.45) is -0.694. The van der Waals surface area contributed by atoms with Crippen molar-refractivity contribution in [3.63, 3.8) is 0 Å². The number of carbonyl (C=O) groups is 1. The highest BCUT2D eigenvalue weighted by Gasteiger charge is 2.07. The molecule has 0 bridgehead atoms. The van der Waals surface area contributed by atoms with Crippen LogP contribution in [0.1, 0.15) is 6.92 Å². The molecule has 1 rings (SSSR count). The van der Waals surface area contributed by atoms with E-state index in [1.807, 2.05) is 0 Å². The number of hydrogen-bond acceptors (Lipinski definition) is 5. The van der Waals surface area contributed by atoms with Gasteiger partial charge < -0.3 is 10.2 Å². The molecule has 1 aromatic rings. The molecule has 0 saturated carbocycles. The van der Waals surface area contributed by atoms with Crippen LogP contribution in [0, 0.1) is 0 Å². The number of rotatable bonds is 3. The zero-order valence-corrected chi connectivity index (χ0v) is 9.81. The van der Waals surface area contributed by atoms with Gasteiger partial charge >= 0.3 is 11.8 Å². The molecule has 1 amide bonds. The van der Waals surface area contributed by atoms with Crippen LogP contribution in [0.3, 0.4) is 0 Å². The minimum absolute atomic E-state index is 0.101. The summed E-state index contributed by atoms with van der Waals surface area (Å²) in [5.74, 6) is 0.101. The van der Waals surface area contributed by atoms with E-state index in [-0.39, 0.29) is 5.82 Å². The fourth-order valence-electron chi connectivity index (χ4n) is 1.11. The smallest absolute Gasteiger partial charge is 0.323 e. The quantitative estimate of drug-likeness (QED) is 0.674. The van der Waals surface area contributed by atoms with E-state index in [0.717, 1.165) is 15.2 Å². The number of aromatic nitrogens is 2. The Kier molecular flexibility index (Phi) is 3.91. The van der Waals surface area contributed by atoms with Crippen molar-refractivity contribution in [2.45, 2.75) is 6.92 Å². The fourth-order valence-corrected chi connectivity index (χ4v) is 1.11. The van der Waals surface area contributed by atoms with E-state index < -0.39 is 17.3 Å². The Morgan fingerprint density at radius 2 is 2.00 bits per heavy atom. The molecule has 0 aromatic carbocycles. The van der Waals surface area contributed by atoms with Gasteiger partial charge in [-0.1, -0.05) is 0 Å². The Morgan fingerprint density at radius 3 is 2.59 bits per heavy atom. The van der Waals surface area contributed by atoms with Crippen molar-refractivity contribution in [3.05, 3.63) is 26.9 Å². The topological polar surface area (TPSA) is 94.4 Å². The number of nitrogens with zero attached hydrogens (tertiary/aromatic N) is 2. The summed E-state index contributed by atoms with van der Waals surface area (Å²) in [4.78, 5) is 38.4. The van der Waals surface area contributed by atoms with Gasteiger partial charge in [-0.3, -0.25) is 13.9 Å². The average molecular weight is 242 g/mol. The van der Waals surface area contributed by atoms with Crippen LogP contribution in [0.5, 0.6) is 0 Å². The maximum atomic E-state index is 11.5. The van der Waals surface area contributed by atoms with Gasteiger partial charge in [0, 0.05) is 26.7 Å². The van der Waals surface area contributed by atoms with E-state index in [2.05, 4.69) is 15.6 Å². The number of carbonyl (C=O) groups excluding carboxylic acids is 1. The third-order valence-corrected chi connectivity index (χ3v) is 2.10. The van der Waals surface area contributed by atoms with Crippen molar-refractivity contribution >= 4 is 11.9 Å². The third-order valence-electron chi connectivity index (χ3n) is 2.10. The molecule has 0 atom stereocenters. The second-order valence-electron chi connectivity index (χ2n) is 3.29. The maximum Gasteiger partial charge on any atom is 0.431 e. The molecular weight excluding hydrogens is 228 g/mol. The molecule has 0 fully saturated rings. The van der Waals surface area contributed by atoms with Crippen LogP contribution in [0.4, 0.5) is 10.6 Å². The normalized spacial score (nSPS) is 9.82. The molecule has 2 N–H and O–H groups in total. The summed E-state index contributed by atoms with van der Waals surface area (Å²) >= 11 is 0. The van der Waals surface area contributed by atoms with Gasteiger partial charge in [-0.05, 0) is 6.92 Å². The Labute approximate surface area is 96.8 Å². The molecule has 8 heteroatoms. The van der Waals surface area contributed by atoms with Crippen LogP contribution < -0.4 is 22.0 Å². The van der Waals surface area contributed by atoms with Crippen molar-refractivity contribution < 1.29 is 9.63 Å². The van der Waals surface area contributed by atoms with Gasteiger partial charge in [0.05, 0.1) is 0 Å². The standard InChI is InChI=1S/C9H14N4O4/c1-4-10-8(15)17-11-6-5-7(14)13(3)9(16)12(6)2/h5,11H,4H2,1-3H3,(H,10,15). The predicted octanol–water partition coefficient (Wildman–Crippen LogP) is -0.843. The van der Waals surface area contributed by atoms with Gasteiger partial charge in [-0.15, -0.1) is 0 Å². The second-order valence-corrected chi connectivity index (χ2v) is 3.29. The Balaban J connectivity index is 2.90. The van der Waals surface area contributed by atoms with Gasteiger partial charge in [0.1, 0.15) is 5.82 Å². The summed E-state index contributed by atoms with van der Waals surface area (Å²) in [5, 5.41) is 2.38. The molecule has 94 valence electrons. The van der Waals surface area contributed by atoms with Gasteiger partial charge in [-0.2, -0.15) is 0 Å². The van der Waals surface area contributed by atoms with Crippen molar-refractivity contribution in [2.24, 2.45) is 14.1 Å². The lowest BCUT2D eigenvalue weighted by molar-refractivity contribution is 0.169. The van der Waals surface area contributed by atoms with Crippen LogP contribution in [0.2, 0.25) is 0 Å². The molecule has 0 unspecified atom stereocenters. The Bertz CT molecular complexity index is 531. The molecule has 0 aliphatic carbocycles. The van der Waals surface area contributed by atoms with Crippen molar-refractivity contribution in [1.29, 1.82) is 0 Å². The monoisotopic (exact) mass is 242 g/mol. The molecule has 0 saturated heterocycles. The maximum absolute atomic E-state index is 11.5. The second kappa shape index (κ2) is 5.19. The molecule has 17 heavy (non-hydrogen) atoms. The molecule has 0 spiro atoms. The average Bonchev–Trinajstić information content (AvgIpc) is 2.30. The lowest BCUT2D eigenvalue weighted by Crippen LogP contribution is -2.38. The summed E-state index contributed by atoms with van der Waals surface area (Å²) in [7, 11) is 2.81. The summed E-state index contributed by atoms with van der Waals surface area (Å²) < 4.78 is 2.10. The first-order valence-corrected chi connectivity index (χ1v) is 4.95. The molecule has 0 aliphatic heterocycles. The van der Waals surface area contributed by atoms with Crippen LogP contribution >= 0.6 is 0 Å². The van der Waals surface area contributed by atoms with E-state index >= 15 is 0 Å². The third kappa shape index (κ3) is 2.86. The highest BCUT2D eigenvalue weighted by molar-refractivity contribution is 5.67. The van der Waals surface area contributed by atoms with Crippen LogP contribution in [0.25, 0.3) is 0 Å². The zero-order chi connectivity index (χ0) is 13.0. The van der Waals surface area contributed by atoms with Crippen molar-refractivity contribution in [1.82, 2.24) is 14.5 Å². The zero-order valence-electron chi connectivity index (χ0n) is 9.81. The summed E-state index contributed by atoms with van der Waals surface area (Å²) in [6.45, 7) is 2.14. The minimum Gasteiger partial charge on any atom is -0.323 e. The van der Waals surface area contributed by atoms with E-state index in [1.165, 1.54) is 14.1 Å². The van der Waals surface area contributed by atoms with E-state index in [4.69, 9.17) is 0 Å². The van der Waals surface area contributed by atoms with E-state index in [0.29, 0.717) is 6.54 Å². The number of anilines is 1. The Morgan fingerprint density at radius 1 is 1.35 bits per heavy atom.